The van der Waals surface area contributed by atoms with Crippen LogP contribution < -0.4 is 16.2 Å². The fourth-order valence-electron chi connectivity index (χ4n) is 2.75. The zero-order chi connectivity index (χ0) is 15.5. The second-order valence-corrected chi connectivity index (χ2v) is 5.28. The Balaban J connectivity index is 1.70. The Morgan fingerprint density at radius 3 is 2.32 bits per heavy atom. The summed E-state index contributed by atoms with van der Waals surface area (Å²) >= 11 is 0. The number of rotatable bonds is 1. The van der Waals surface area contributed by atoms with E-state index in [0.29, 0.717) is 26.2 Å². The van der Waals surface area contributed by atoms with Crippen molar-refractivity contribution < 1.29 is 9.59 Å². The highest BCUT2D eigenvalue weighted by atomic mass is 16.2. The summed E-state index contributed by atoms with van der Waals surface area (Å²) in [4.78, 5) is 26.8. The topological polar surface area (TPSA) is 78.7 Å². The Hall–Kier alpha value is -2.60. The Labute approximate surface area is 128 Å². The lowest BCUT2D eigenvalue weighted by Crippen LogP contribution is -2.53. The number of hydrogen-bond acceptors (Lipinski definition) is 4. The van der Waals surface area contributed by atoms with Crippen LogP contribution in [-0.4, -0.2) is 42.9 Å². The minimum atomic E-state index is -0.765. The van der Waals surface area contributed by atoms with E-state index in [4.69, 9.17) is 5.84 Å². The van der Waals surface area contributed by atoms with Crippen molar-refractivity contribution >= 4 is 28.3 Å². The molecule has 0 bridgehead atoms. The third kappa shape index (κ3) is 2.73. The minimum absolute atomic E-state index is 0.513. The van der Waals surface area contributed by atoms with E-state index in [0.717, 1.165) is 5.69 Å². The van der Waals surface area contributed by atoms with Gasteiger partial charge in [-0.25, -0.2) is 5.84 Å². The average molecular weight is 298 g/mol. The van der Waals surface area contributed by atoms with Gasteiger partial charge in [0, 0.05) is 31.9 Å². The van der Waals surface area contributed by atoms with Crippen molar-refractivity contribution in [3.05, 3.63) is 42.5 Å². The summed E-state index contributed by atoms with van der Waals surface area (Å²) in [6.07, 6.45) is 0. The monoisotopic (exact) mass is 298 g/mol. The molecule has 0 unspecified atom stereocenters. The van der Waals surface area contributed by atoms with Gasteiger partial charge in [0.2, 0.25) is 0 Å². The van der Waals surface area contributed by atoms with Gasteiger partial charge in [-0.15, -0.1) is 0 Å². The molecule has 0 spiro atoms. The fraction of sp³-hybridized carbons (Fsp3) is 0.250. The van der Waals surface area contributed by atoms with Crippen LogP contribution in [0.25, 0.3) is 10.8 Å². The van der Waals surface area contributed by atoms with Crippen LogP contribution in [0, 0.1) is 0 Å². The molecule has 1 aliphatic rings. The van der Waals surface area contributed by atoms with Gasteiger partial charge in [-0.1, -0.05) is 30.3 Å². The number of benzene rings is 2. The number of hydrogen-bond donors (Lipinski definition) is 2. The van der Waals surface area contributed by atoms with Crippen LogP contribution in [0.2, 0.25) is 0 Å². The number of fused-ring (bicyclic) bond motifs is 1. The van der Waals surface area contributed by atoms with Crippen LogP contribution in [-0.2, 0) is 9.59 Å². The van der Waals surface area contributed by atoms with Gasteiger partial charge in [-0.3, -0.25) is 15.0 Å². The van der Waals surface area contributed by atoms with E-state index in [1.807, 2.05) is 17.6 Å². The second-order valence-electron chi connectivity index (χ2n) is 5.28. The first-order chi connectivity index (χ1) is 10.7. The molecule has 2 amide bonds. The zero-order valence-electron chi connectivity index (χ0n) is 12.2. The summed E-state index contributed by atoms with van der Waals surface area (Å²) in [5.41, 5.74) is 3.01. The minimum Gasteiger partial charge on any atom is -0.368 e. The SMILES string of the molecule is NNC(=O)C(=O)N1CCN(c2ccc3ccccc3c2)CC1. The smallest absolute Gasteiger partial charge is 0.323 e. The van der Waals surface area contributed by atoms with E-state index in [1.165, 1.54) is 15.7 Å². The summed E-state index contributed by atoms with van der Waals surface area (Å²) < 4.78 is 0. The molecule has 6 nitrogen and oxygen atoms in total. The third-order valence-electron chi connectivity index (χ3n) is 3.99. The number of nitrogens with zero attached hydrogens (tertiary/aromatic N) is 2. The largest absolute Gasteiger partial charge is 0.368 e. The molecule has 2 aromatic rings. The summed E-state index contributed by atoms with van der Waals surface area (Å²) in [6, 6.07) is 14.6. The summed E-state index contributed by atoms with van der Waals surface area (Å²) in [7, 11) is 0. The molecule has 3 rings (SSSR count). The highest BCUT2D eigenvalue weighted by Crippen LogP contribution is 2.23. The maximum atomic E-state index is 11.8. The zero-order valence-corrected chi connectivity index (χ0v) is 12.2. The highest BCUT2D eigenvalue weighted by Gasteiger charge is 2.25. The van der Waals surface area contributed by atoms with Crippen LogP contribution in [0.15, 0.2) is 42.5 Å². The van der Waals surface area contributed by atoms with E-state index in [2.05, 4.69) is 35.2 Å². The lowest BCUT2D eigenvalue weighted by Gasteiger charge is -2.35. The van der Waals surface area contributed by atoms with Crippen molar-refractivity contribution in [2.75, 3.05) is 31.1 Å². The predicted molar refractivity (Wildman–Crippen MR) is 85.1 cm³/mol. The quantitative estimate of drug-likeness (QED) is 0.347. The lowest BCUT2D eigenvalue weighted by atomic mass is 10.1. The molecule has 6 heteroatoms. The molecule has 0 aliphatic carbocycles. The number of nitrogens with two attached hydrogens (primary N) is 1. The Morgan fingerprint density at radius 1 is 0.955 bits per heavy atom. The van der Waals surface area contributed by atoms with Crippen LogP contribution in [0.5, 0.6) is 0 Å². The highest BCUT2D eigenvalue weighted by molar-refractivity contribution is 6.34. The van der Waals surface area contributed by atoms with E-state index >= 15 is 0 Å². The van der Waals surface area contributed by atoms with Gasteiger partial charge in [0.15, 0.2) is 0 Å². The van der Waals surface area contributed by atoms with Crippen molar-refractivity contribution in [3.63, 3.8) is 0 Å². The van der Waals surface area contributed by atoms with Gasteiger partial charge in [0.25, 0.3) is 0 Å². The van der Waals surface area contributed by atoms with Gasteiger partial charge in [-0.2, -0.15) is 0 Å². The number of carbonyl (C=O) groups excluding carboxylic acids is 2. The van der Waals surface area contributed by atoms with Crippen LogP contribution in [0.3, 0.4) is 0 Å². The van der Waals surface area contributed by atoms with Crippen molar-refractivity contribution in [1.82, 2.24) is 10.3 Å². The van der Waals surface area contributed by atoms with Crippen LogP contribution >= 0.6 is 0 Å². The molecule has 3 N–H and O–H groups in total. The predicted octanol–water partition coefficient (Wildman–Crippen LogP) is 0.478. The van der Waals surface area contributed by atoms with Crippen molar-refractivity contribution in [3.8, 4) is 0 Å². The van der Waals surface area contributed by atoms with E-state index < -0.39 is 11.8 Å². The summed E-state index contributed by atoms with van der Waals surface area (Å²) in [5, 5.41) is 2.40. The number of hydrazine groups is 1. The molecule has 0 saturated carbocycles. The lowest BCUT2D eigenvalue weighted by molar-refractivity contribution is -0.146. The number of carbonyl (C=O) groups is 2. The molecular weight excluding hydrogens is 280 g/mol. The van der Waals surface area contributed by atoms with Gasteiger partial charge in [0.05, 0.1) is 0 Å². The molecule has 1 aliphatic heterocycles. The molecule has 1 fully saturated rings. The Kier molecular flexibility index (Phi) is 3.93. The standard InChI is InChI=1S/C16H18N4O2/c17-18-15(21)16(22)20-9-7-19(8-10-20)14-6-5-12-3-1-2-4-13(12)11-14/h1-6,11H,7-10,17H2,(H,18,21). The maximum absolute atomic E-state index is 11.8. The van der Waals surface area contributed by atoms with Gasteiger partial charge < -0.3 is 9.80 Å². The van der Waals surface area contributed by atoms with Crippen molar-refractivity contribution in [1.29, 1.82) is 0 Å². The van der Waals surface area contributed by atoms with Gasteiger partial charge in [0.1, 0.15) is 0 Å². The second kappa shape index (κ2) is 6.03. The van der Waals surface area contributed by atoms with Gasteiger partial charge in [-0.05, 0) is 22.9 Å². The van der Waals surface area contributed by atoms with Crippen molar-refractivity contribution in [2.24, 2.45) is 5.84 Å². The number of piperazine rings is 1. The number of amides is 2. The molecule has 1 heterocycles. The fourth-order valence-corrected chi connectivity index (χ4v) is 2.75. The number of anilines is 1. The summed E-state index contributed by atoms with van der Waals surface area (Å²) in [5.74, 6) is 3.66. The Morgan fingerprint density at radius 2 is 1.64 bits per heavy atom. The molecule has 114 valence electrons. The van der Waals surface area contributed by atoms with E-state index in [1.54, 1.807) is 0 Å². The average Bonchev–Trinajstić information content (AvgIpc) is 2.60. The van der Waals surface area contributed by atoms with Crippen LogP contribution in [0.1, 0.15) is 0 Å². The normalized spacial score (nSPS) is 15.0. The van der Waals surface area contributed by atoms with Gasteiger partial charge >= 0.3 is 11.8 Å². The maximum Gasteiger partial charge on any atom is 0.323 e. The molecule has 0 radical (unpaired) electrons. The molecule has 0 atom stereocenters. The Bertz CT molecular complexity index is 708. The third-order valence-corrected chi connectivity index (χ3v) is 3.99. The summed E-state index contributed by atoms with van der Waals surface area (Å²) in [6.45, 7) is 2.42. The van der Waals surface area contributed by atoms with Crippen LogP contribution in [0.4, 0.5) is 5.69 Å². The van der Waals surface area contributed by atoms with E-state index in [-0.39, 0.29) is 0 Å². The van der Waals surface area contributed by atoms with Crippen molar-refractivity contribution in [2.45, 2.75) is 0 Å². The van der Waals surface area contributed by atoms with E-state index in [9.17, 15) is 9.59 Å². The molecule has 0 aromatic heterocycles. The molecule has 22 heavy (non-hydrogen) atoms. The first-order valence-corrected chi connectivity index (χ1v) is 7.22. The first-order valence-electron chi connectivity index (χ1n) is 7.22. The molecular formula is C16H18N4O2. The molecule has 2 aromatic carbocycles. The number of nitrogens with one attached hydrogen (secondary N) is 1. The molecule has 1 saturated heterocycles. The first kappa shape index (κ1) is 14.3.